The van der Waals surface area contributed by atoms with Crippen molar-refractivity contribution >= 4 is 28.7 Å². The van der Waals surface area contributed by atoms with Crippen LogP contribution < -0.4 is 9.88 Å². The monoisotopic (exact) mass is 420 g/mol. The first-order chi connectivity index (χ1) is 14.4. The molecule has 0 aliphatic heterocycles. The van der Waals surface area contributed by atoms with Crippen LogP contribution in [-0.4, -0.2) is 22.2 Å². The molecule has 0 radical (unpaired) electrons. The van der Waals surface area contributed by atoms with Gasteiger partial charge in [-0.05, 0) is 25.5 Å². The second-order valence-electron chi connectivity index (χ2n) is 6.83. The van der Waals surface area contributed by atoms with Crippen LogP contribution in [0.2, 0.25) is 0 Å². The van der Waals surface area contributed by atoms with Crippen molar-refractivity contribution in [2.75, 3.05) is 6.54 Å². The molecule has 1 unspecified atom stereocenters. The molecule has 1 atom stereocenters. The highest BCUT2D eigenvalue weighted by atomic mass is 32.1. The molecule has 7 heteroatoms. The van der Waals surface area contributed by atoms with Crippen LogP contribution >= 0.6 is 12.2 Å². The second kappa shape index (κ2) is 9.37. The number of thiocarbonyl (C=S) groups is 1. The summed E-state index contributed by atoms with van der Waals surface area (Å²) in [5.74, 6) is -0.306. The van der Waals surface area contributed by atoms with Gasteiger partial charge in [0.1, 0.15) is 0 Å². The number of nitro groups is 1. The highest BCUT2D eigenvalue weighted by Crippen LogP contribution is 2.22. The zero-order chi connectivity index (χ0) is 21.7. The Hall–Kier alpha value is -3.45. The predicted molar refractivity (Wildman–Crippen MR) is 120 cm³/mol. The Morgan fingerprint density at radius 3 is 2.50 bits per heavy atom. The van der Waals surface area contributed by atoms with Crippen molar-refractivity contribution in [3.8, 4) is 11.1 Å². The maximum atomic E-state index is 13.4. The molecule has 30 heavy (non-hydrogen) atoms. The van der Waals surface area contributed by atoms with Crippen LogP contribution in [-0.2, 0) is 0 Å². The number of nitrogens with one attached hydrogen (secondary N) is 1. The second-order valence-corrected chi connectivity index (χ2v) is 7.27. The van der Waals surface area contributed by atoms with Crippen molar-refractivity contribution in [3.63, 3.8) is 0 Å². The van der Waals surface area contributed by atoms with Crippen LogP contribution in [0.15, 0.2) is 73.1 Å². The minimum Gasteiger partial charge on any atom is -0.374 e. The van der Waals surface area contributed by atoms with Gasteiger partial charge in [0.2, 0.25) is 5.78 Å². The minimum atomic E-state index is -0.814. The number of ketones is 1. The summed E-state index contributed by atoms with van der Waals surface area (Å²) in [6, 6.07) is 17.3. The fourth-order valence-corrected chi connectivity index (χ4v) is 3.61. The fraction of sp³-hybridized carbons (Fsp3) is 0.174. The molecule has 152 valence electrons. The first kappa shape index (κ1) is 21.3. The molecule has 1 heterocycles. The van der Waals surface area contributed by atoms with E-state index in [0.29, 0.717) is 17.1 Å². The fourth-order valence-electron chi connectivity index (χ4n) is 3.23. The number of rotatable bonds is 7. The van der Waals surface area contributed by atoms with E-state index in [1.807, 2.05) is 55.6 Å². The van der Waals surface area contributed by atoms with E-state index in [1.54, 1.807) is 29.8 Å². The van der Waals surface area contributed by atoms with Gasteiger partial charge in [-0.1, -0.05) is 54.7 Å². The van der Waals surface area contributed by atoms with Crippen LogP contribution in [0.25, 0.3) is 11.1 Å². The number of hydrogen-bond donors (Lipinski definition) is 1. The molecule has 0 saturated heterocycles. The van der Waals surface area contributed by atoms with Gasteiger partial charge in [0.15, 0.2) is 17.4 Å². The Kier molecular flexibility index (Phi) is 6.64. The summed E-state index contributed by atoms with van der Waals surface area (Å²) in [6.07, 6.45) is 3.64. The first-order valence-electron chi connectivity index (χ1n) is 9.55. The number of carbonyl (C=O) groups excluding carboxylic acids is 1. The van der Waals surface area contributed by atoms with Crippen LogP contribution in [0.1, 0.15) is 28.9 Å². The third-order valence-electron chi connectivity index (χ3n) is 4.77. The Bertz CT molecular complexity index is 1100. The average molecular weight is 421 g/mol. The Balaban J connectivity index is 2.06. The lowest BCUT2D eigenvalue weighted by Crippen LogP contribution is -2.51. The van der Waals surface area contributed by atoms with Crippen LogP contribution in [0.4, 0.5) is 5.69 Å². The van der Waals surface area contributed by atoms with Crippen LogP contribution in [0.5, 0.6) is 0 Å². The van der Waals surface area contributed by atoms with Crippen LogP contribution in [0, 0.1) is 17.0 Å². The van der Waals surface area contributed by atoms with Gasteiger partial charge in [0.25, 0.3) is 11.7 Å². The highest BCUT2D eigenvalue weighted by Gasteiger charge is 2.34. The molecule has 3 rings (SSSR count). The number of aryl methyl sites for hydroxylation is 1. The van der Waals surface area contributed by atoms with Crippen LogP contribution in [0.3, 0.4) is 0 Å². The molecule has 0 amide bonds. The molecule has 1 aromatic heterocycles. The van der Waals surface area contributed by atoms with Gasteiger partial charge in [-0.15, -0.1) is 0 Å². The molecule has 2 aromatic carbocycles. The Labute approximate surface area is 180 Å². The molecule has 0 bridgehead atoms. The van der Waals surface area contributed by atoms with Crippen molar-refractivity contribution in [2.45, 2.75) is 19.9 Å². The maximum Gasteiger partial charge on any atom is 0.273 e. The lowest BCUT2D eigenvalue weighted by atomic mass is 10.0. The van der Waals surface area contributed by atoms with E-state index < -0.39 is 11.0 Å². The lowest BCUT2D eigenvalue weighted by Gasteiger charge is -2.15. The van der Waals surface area contributed by atoms with Crippen molar-refractivity contribution in [1.82, 2.24) is 5.32 Å². The Morgan fingerprint density at radius 1 is 1.13 bits per heavy atom. The first-order valence-corrected chi connectivity index (χ1v) is 9.96. The number of nitrogens with zero attached hydrogens (tertiary/aromatic N) is 2. The molecule has 1 N–H and O–H groups in total. The number of benzene rings is 2. The summed E-state index contributed by atoms with van der Waals surface area (Å²) >= 11 is 5.52. The van der Waals surface area contributed by atoms with Crippen molar-refractivity contribution < 1.29 is 14.3 Å². The molecule has 6 nitrogen and oxygen atoms in total. The minimum absolute atomic E-state index is 0.0861. The van der Waals surface area contributed by atoms with Gasteiger partial charge in [-0.3, -0.25) is 14.9 Å². The SMILES string of the molecule is CCNC(=S)C(C(=O)c1ccc(C)c([N+](=O)[O-])c1)[n+]1cccc(-c2ccccc2)c1. The van der Waals surface area contributed by atoms with E-state index in [0.717, 1.165) is 11.1 Å². The quantitative estimate of drug-likeness (QED) is 0.204. The molecular weight excluding hydrogens is 398 g/mol. The largest absolute Gasteiger partial charge is 0.374 e. The third-order valence-corrected chi connectivity index (χ3v) is 5.13. The van der Waals surface area contributed by atoms with E-state index in [2.05, 4.69) is 5.32 Å². The summed E-state index contributed by atoms with van der Waals surface area (Å²) in [5, 5.41) is 14.4. The topological polar surface area (TPSA) is 76.1 Å². The standard InChI is InChI=1S/C23H21N3O3S/c1-3-24-23(30)21(22(27)18-12-11-16(2)20(14-18)26(28)29)25-13-7-10-19(15-25)17-8-5-4-6-9-17/h4-15,21H,3H2,1-2H3/p+1. The van der Waals surface area contributed by atoms with Gasteiger partial charge < -0.3 is 5.32 Å². The molecule has 0 aliphatic rings. The number of Topliss-reactive ketones (excluding diaryl/α,β-unsaturated/α-hetero) is 1. The van der Waals surface area contributed by atoms with Crippen molar-refractivity contribution in [1.29, 1.82) is 0 Å². The van der Waals surface area contributed by atoms with Gasteiger partial charge in [0, 0.05) is 35.4 Å². The highest BCUT2D eigenvalue weighted by molar-refractivity contribution is 7.80. The third kappa shape index (κ3) is 4.58. The average Bonchev–Trinajstić information content (AvgIpc) is 2.75. The number of carbonyl (C=O) groups is 1. The smallest absolute Gasteiger partial charge is 0.273 e. The van der Waals surface area contributed by atoms with Crippen molar-refractivity contribution in [2.24, 2.45) is 0 Å². The maximum absolute atomic E-state index is 13.4. The number of aromatic nitrogens is 1. The van der Waals surface area contributed by atoms with Gasteiger partial charge in [0.05, 0.1) is 4.92 Å². The van der Waals surface area contributed by atoms with E-state index in [-0.39, 0.29) is 17.0 Å². The summed E-state index contributed by atoms with van der Waals surface area (Å²) in [4.78, 5) is 24.6. The Morgan fingerprint density at radius 2 is 1.83 bits per heavy atom. The van der Waals surface area contributed by atoms with Crippen molar-refractivity contribution in [3.05, 3.63) is 94.3 Å². The van der Waals surface area contributed by atoms with Gasteiger partial charge >= 0.3 is 0 Å². The zero-order valence-electron chi connectivity index (χ0n) is 16.7. The number of hydrogen-bond acceptors (Lipinski definition) is 4. The number of nitro benzene ring substituents is 1. The molecule has 3 aromatic rings. The van der Waals surface area contributed by atoms with Gasteiger partial charge in [-0.2, -0.15) is 4.57 Å². The summed E-state index contributed by atoms with van der Waals surface area (Å²) < 4.78 is 1.75. The van der Waals surface area contributed by atoms with E-state index in [4.69, 9.17) is 12.2 Å². The number of pyridine rings is 1. The van der Waals surface area contributed by atoms with Gasteiger partial charge in [-0.25, -0.2) is 0 Å². The van der Waals surface area contributed by atoms with E-state index >= 15 is 0 Å². The molecule has 0 aliphatic carbocycles. The normalized spacial score (nSPS) is 11.5. The summed E-state index contributed by atoms with van der Waals surface area (Å²) in [7, 11) is 0. The predicted octanol–water partition coefficient (Wildman–Crippen LogP) is 4.22. The molecular formula is C23H22N3O3S+. The van der Waals surface area contributed by atoms with E-state index in [9.17, 15) is 14.9 Å². The molecule has 0 fully saturated rings. The number of likely N-dealkylation sites (N-methyl/N-ethyl adjacent to an activating group) is 1. The molecule has 0 saturated carbocycles. The lowest BCUT2D eigenvalue weighted by molar-refractivity contribution is -0.691. The molecule has 0 spiro atoms. The zero-order valence-corrected chi connectivity index (χ0v) is 17.6. The summed E-state index contributed by atoms with van der Waals surface area (Å²) in [5.41, 5.74) is 2.61. The summed E-state index contributed by atoms with van der Waals surface area (Å²) in [6.45, 7) is 4.11. The van der Waals surface area contributed by atoms with E-state index in [1.165, 1.54) is 6.07 Å².